The van der Waals surface area contributed by atoms with Crippen LogP contribution in [0.1, 0.15) is 28.1 Å². The van der Waals surface area contributed by atoms with Gasteiger partial charge in [0.2, 0.25) is 0 Å². The second-order valence-corrected chi connectivity index (χ2v) is 8.34. The third-order valence-electron chi connectivity index (χ3n) is 4.55. The summed E-state index contributed by atoms with van der Waals surface area (Å²) >= 11 is 1.86. The monoisotopic (exact) mass is 523 g/mol. The van der Waals surface area contributed by atoms with Crippen molar-refractivity contribution in [1.29, 1.82) is 0 Å². The van der Waals surface area contributed by atoms with Crippen LogP contribution in [0, 0.1) is 6.92 Å². The van der Waals surface area contributed by atoms with Gasteiger partial charge in [-0.05, 0) is 31.5 Å². The van der Waals surface area contributed by atoms with Crippen LogP contribution < -0.4 is 10.6 Å². The van der Waals surface area contributed by atoms with Crippen LogP contribution >= 0.6 is 35.3 Å². The van der Waals surface area contributed by atoms with E-state index in [-0.39, 0.29) is 24.0 Å². The van der Waals surface area contributed by atoms with E-state index in [0.717, 1.165) is 37.7 Å². The average molecular weight is 523 g/mol. The van der Waals surface area contributed by atoms with E-state index >= 15 is 0 Å². The Labute approximate surface area is 194 Å². The SMILES string of the molecule is CN=C(NCCc1nccn1Cc1ccccc1)NC(C)Cc1ccc(C)s1.I. The van der Waals surface area contributed by atoms with Gasteiger partial charge in [-0.2, -0.15) is 0 Å². The second kappa shape index (κ2) is 12.0. The van der Waals surface area contributed by atoms with Crippen LogP contribution in [0.3, 0.4) is 0 Å². The van der Waals surface area contributed by atoms with Crippen LogP contribution in [0.2, 0.25) is 0 Å². The van der Waals surface area contributed by atoms with Gasteiger partial charge in [0, 0.05) is 61.2 Å². The van der Waals surface area contributed by atoms with Gasteiger partial charge in [-0.3, -0.25) is 4.99 Å². The minimum absolute atomic E-state index is 0. The third-order valence-corrected chi connectivity index (χ3v) is 5.57. The number of aromatic nitrogens is 2. The van der Waals surface area contributed by atoms with E-state index in [9.17, 15) is 0 Å². The number of halogens is 1. The molecule has 7 heteroatoms. The van der Waals surface area contributed by atoms with Gasteiger partial charge in [0.15, 0.2) is 5.96 Å². The molecule has 0 spiro atoms. The smallest absolute Gasteiger partial charge is 0.191 e. The van der Waals surface area contributed by atoms with Gasteiger partial charge in [0.25, 0.3) is 0 Å². The highest BCUT2D eigenvalue weighted by Gasteiger charge is 2.09. The maximum absolute atomic E-state index is 4.52. The summed E-state index contributed by atoms with van der Waals surface area (Å²) in [7, 11) is 1.81. The quantitative estimate of drug-likeness (QED) is 0.264. The number of nitrogens with zero attached hydrogens (tertiary/aromatic N) is 3. The Morgan fingerprint density at radius 1 is 1.21 bits per heavy atom. The maximum atomic E-state index is 4.52. The van der Waals surface area contributed by atoms with Crippen LogP contribution in [0.5, 0.6) is 0 Å². The maximum Gasteiger partial charge on any atom is 0.191 e. The second-order valence-electron chi connectivity index (χ2n) is 6.97. The molecular weight excluding hydrogens is 493 g/mol. The number of hydrogen-bond acceptors (Lipinski definition) is 3. The molecule has 0 saturated carbocycles. The lowest BCUT2D eigenvalue weighted by atomic mass is 10.2. The first-order valence-electron chi connectivity index (χ1n) is 9.70. The van der Waals surface area contributed by atoms with E-state index in [0.29, 0.717) is 6.04 Å². The Bertz CT molecular complexity index is 888. The van der Waals surface area contributed by atoms with Gasteiger partial charge in [0.05, 0.1) is 0 Å². The molecule has 0 radical (unpaired) electrons. The summed E-state index contributed by atoms with van der Waals surface area (Å²) in [6.07, 6.45) is 5.76. The molecule has 0 amide bonds. The summed E-state index contributed by atoms with van der Waals surface area (Å²) in [5.41, 5.74) is 1.28. The first kappa shape index (κ1) is 23.4. The molecule has 5 nitrogen and oxygen atoms in total. The lowest BCUT2D eigenvalue weighted by Gasteiger charge is -2.17. The normalized spacial score (nSPS) is 12.3. The van der Waals surface area contributed by atoms with Crippen LogP contribution in [0.15, 0.2) is 59.9 Å². The van der Waals surface area contributed by atoms with E-state index in [1.807, 2.05) is 36.8 Å². The number of aryl methyl sites for hydroxylation is 1. The Kier molecular flexibility index (Phi) is 9.66. The van der Waals surface area contributed by atoms with Crippen molar-refractivity contribution < 1.29 is 0 Å². The summed E-state index contributed by atoms with van der Waals surface area (Å²) in [5, 5.41) is 6.89. The predicted molar refractivity (Wildman–Crippen MR) is 134 cm³/mol. The Morgan fingerprint density at radius 3 is 2.69 bits per heavy atom. The molecule has 3 rings (SSSR count). The fourth-order valence-corrected chi connectivity index (χ4v) is 4.18. The molecule has 0 bridgehead atoms. The molecule has 1 unspecified atom stereocenters. The predicted octanol–water partition coefficient (Wildman–Crippen LogP) is 4.26. The van der Waals surface area contributed by atoms with Gasteiger partial charge < -0.3 is 15.2 Å². The number of hydrogen-bond donors (Lipinski definition) is 2. The van der Waals surface area contributed by atoms with E-state index in [1.54, 1.807) is 0 Å². The van der Waals surface area contributed by atoms with Gasteiger partial charge in [-0.15, -0.1) is 35.3 Å². The van der Waals surface area contributed by atoms with E-state index in [1.165, 1.54) is 15.3 Å². The van der Waals surface area contributed by atoms with Crippen molar-refractivity contribution in [3.63, 3.8) is 0 Å². The number of nitrogens with one attached hydrogen (secondary N) is 2. The molecule has 0 saturated heterocycles. The molecule has 0 aliphatic rings. The lowest BCUT2D eigenvalue weighted by molar-refractivity contribution is 0.638. The number of aliphatic imine (C=N–C) groups is 1. The molecular formula is C22H30IN5S. The van der Waals surface area contributed by atoms with Crippen LogP contribution in [-0.4, -0.2) is 35.1 Å². The molecule has 1 atom stereocenters. The fourth-order valence-electron chi connectivity index (χ4n) is 3.16. The average Bonchev–Trinajstić information content (AvgIpc) is 3.30. The number of imidazole rings is 1. The molecule has 2 N–H and O–H groups in total. The zero-order valence-corrected chi connectivity index (χ0v) is 20.4. The number of guanidine groups is 1. The van der Waals surface area contributed by atoms with Crippen molar-refractivity contribution in [3.05, 3.63) is 76.0 Å². The molecule has 2 aromatic heterocycles. The van der Waals surface area contributed by atoms with Crippen molar-refractivity contribution in [2.75, 3.05) is 13.6 Å². The van der Waals surface area contributed by atoms with Crippen LogP contribution in [0.4, 0.5) is 0 Å². The highest BCUT2D eigenvalue weighted by atomic mass is 127. The van der Waals surface area contributed by atoms with Gasteiger partial charge in [-0.25, -0.2) is 4.98 Å². The molecule has 0 aliphatic heterocycles. The number of benzene rings is 1. The zero-order chi connectivity index (χ0) is 19.8. The molecule has 0 aliphatic carbocycles. The first-order valence-corrected chi connectivity index (χ1v) is 10.5. The van der Waals surface area contributed by atoms with Crippen molar-refractivity contribution in [3.8, 4) is 0 Å². The standard InChI is InChI=1S/C22H29N5S.HI/c1-17(15-20-10-9-18(2)28-20)26-22(23-3)25-12-11-21-24-13-14-27(21)16-19-7-5-4-6-8-19;/h4-10,13-14,17H,11-12,15-16H2,1-3H3,(H2,23,25,26);1H. The lowest BCUT2D eigenvalue weighted by Crippen LogP contribution is -2.43. The zero-order valence-electron chi connectivity index (χ0n) is 17.3. The van der Waals surface area contributed by atoms with Crippen molar-refractivity contribution in [2.24, 2.45) is 4.99 Å². The molecule has 1 aromatic carbocycles. The van der Waals surface area contributed by atoms with E-state index in [4.69, 9.17) is 0 Å². The Hall–Kier alpha value is -1.87. The minimum Gasteiger partial charge on any atom is -0.356 e. The minimum atomic E-state index is 0. The molecule has 156 valence electrons. The van der Waals surface area contributed by atoms with E-state index in [2.05, 4.69) is 75.4 Å². The third kappa shape index (κ3) is 7.47. The molecule has 29 heavy (non-hydrogen) atoms. The largest absolute Gasteiger partial charge is 0.356 e. The Morgan fingerprint density at radius 2 is 2.00 bits per heavy atom. The van der Waals surface area contributed by atoms with Crippen LogP contribution in [0.25, 0.3) is 0 Å². The highest BCUT2D eigenvalue weighted by molar-refractivity contribution is 14.0. The first-order chi connectivity index (χ1) is 13.6. The summed E-state index contributed by atoms with van der Waals surface area (Å²) in [5.74, 6) is 1.91. The number of thiophene rings is 1. The summed E-state index contributed by atoms with van der Waals surface area (Å²) < 4.78 is 2.20. The highest BCUT2D eigenvalue weighted by Crippen LogP contribution is 2.16. The van der Waals surface area contributed by atoms with Crippen molar-refractivity contribution in [2.45, 2.75) is 39.3 Å². The topological polar surface area (TPSA) is 54.2 Å². The van der Waals surface area contributed by atoms with Gasteiger partial charge >= 0.3 is 0 Å². The molecule has 0 fully saturated rings. The van der Waals surface area contributed by atoms with Gasteiger partial charge in [-0.1, -0.05) is 30.3 Å². The van der Waals surface area contributed by atoms with Crippen molar-refractivity contribution >= 4 is 41.3 Å². The molecule has 2 heterocycles. The summed E-state index contributed by atoms with van der Waals surface area (Å²) in [6.45, 7) is 5.97. The number of rotatable bonds is 8. The van der Waals surface area contributed by atoms with Gasteiger partial charge in [0.1, 0.15) is 5.82 Å². The van der Waals surface area contributed by atoms with E-state index < -0.39 is 0 Å². The van der Waals surface area contributed by atoms with Crippen LogP contribution in [-0.2, 0) is 19.4 Å². The Balaban J connectivity index is 0.00000300. The molecule has 3 aromatic rings. The van der Waals surface area contributed by atoms with Crippen molar-refractivity contribution in [1.82, 2.24) is 20.2 Å². The fraction of sp³-hybridized carbons (Fsp3) is 0.364. The summed E-state index contributed by atoms with van der Waals surface area (Å²) in [6, 6.07) is 15.2. The summed E-state index contributed by atoms with van der Waals surface area (Å²) in [4.78, 5) is 11.6.